The smallest absolute Gasteiger partial charge is 0.317 e. The van der Waals surface area contributed by atoms with E-state index in [0.717, 1.165) is 32.2 Å². The summed E-state index contributed by atoms with van der Waals surface area (Å²) in [6, 6.07) is 8.62. The molecular formula is C17H26N2O2. The molecule has 2 N–H and O–H groups in total. The lowest BCUT2D eigenvalue weighted by Crippen LogP contribution is -2.49. The second kappa shape index (κ2) is 8.03. The van der Waals surface area contributed by atoms with Crippen molar-refractivity contribution in [3.8, 4) is 0 Å². The first kappa shape index (κ1) is 15.8. The average molecular weight is 290 g/mol. The monoisotopic (exact) mass is 290 g/mol. The number of nitrogens with one attached hydrogen (secondary N) is 1. The second-order valence-corrected chi connectivity index (χ2v) is 5.82. The third kappa shape index (κ3) is 4.74. The number of benzene rings is 1. The van der Waals surface area contributed by atoms with E-state index in [2.05, 4.69) is 36.5 Å². The number of carbonyl (C=O) groups excluding carboxylic acids is 1. The van der Waals surface area contributed by atoms with Gasteiger partial charge in [0.05, 0.1) is 0 Å². The summed E-state index contributed by atoms with van der Waals surface area (Å²) in [6.45, 7) is 3.69. The first-order valence-corrected chi connectivity index (χ1v) is 7.91. The fourth-order valence-electron chi connectivity index (χ4n) is 2.89. The molecule has 1 aromatic carbocycles. The quantitative estimate of drug-likeness (QED) is 0.875. The minimum absolute atomic E-state index is 0.0141. The number of aryl methyl sites for hydroxylation is 1. The van der Waals surface area contributed by atoms with Gasteiger partial charge >= 0.3 is 6.03 Å². The van der Waals surface area contributed by atoms with Crippen LogP contribution >= 0.6 is 0 Å². The van der Waals surface area contributed by atoms with Crippen molar-refractivity contribution in [2.24, 2.45) is 0 Å². The van der Waals surface area contributed by atoms with Crippen LogP contribution in [0.3, 0.4) is 0 Å². The maximum atomic E-state index is 12.3. The predicted octanol–water partition coefficient (Wildman–Crippen LogP) is 2.48. The molecule has 1 aromatic rings. The Kier molecular flexibility index (Phi) is 6.05. The van der Waals surface area contributed by atoms with E-state index in [1.165, 1.54) is 11.1 Å². The van der Waals surface area contributed by atoms with Gasteiger partial charge in [0.25, 0.3) is 0 Å². The summed E-state index contributed by atoms with van der Waals surface area (Å²) in [6.07, 6.45) is 4.76. The highest BCUT2D eigenvalue weighted by molar-refractivity contribution is 5.74. The van der Waals surface area contributed by atoms with Crippen LogP contribution in [0, 0.1) is 6.92 Å². The van der Waals surface area contributed by atoms with Gasteiger partial charge in [-0.3, -0.25) is 0 Å². The van der Waals surface area contributed by atoms with Gasteiger partial charge in [-0.2, -0.15) is 0 Å². The molecule has 0 bridgehead atoms. The molecule has 0 unspecified atom stereocenters. The third-order valence-electron chi connectivity index (χ3n) is 4.16. The largest absolute Gasteiger partial charge is 0.396 e. The van der Waals surface area contributed by atoms with Gasteiger partial charge in [0.15, 0.2) is 0 Å². The standard InChI is InChI=1S/C17H26N2O2/c1-14-5-7-15(8-6-14)9-11-18-17(21)19-12-3-2-4-16(19)10-13-20/h5-8,16,20H,2-4,9-13H2,1H3,(H,18,21)/t16-/m0/s1. The van der Waals surface area contributed by atoms with E-state index < -0.39 is 0 Å². The zero-order valence-corrected chi connectivity index (χ0v) is 12.8. The van der Waals surface area contributed by atoms with Gasteiger partial charge < -0.3 is 15.3 Å². The van der Waals surface area contributed by atoms with E-state index in [0.29, 0.717) is 13.0 Å². The molecule has 0 saturated carbocycles. The fraction of sp³-hybridized carbons (Fsp3) is 0.588. The molecule has 4 heteroatoms. The number of likely N-dealkylation sites (tertiary alicyclic amines) is 1. The van der Waals surface area contributed by atoms with Crippen molar-refractivity contribution >= 4 is 6.03 Å². The van der Waals surface area contributed by atoms with E-state index in [9.17, 15) is 4.79 Å². The minimum Gasteiger partial charge on any atom is -0.396 e. The van der Waals surface area contributed by atoms with E-state index in [4.69, 9.17) is 5.11 Å². The number of carbonyl (C=O) groups is 1. The maximum absolute atomic E-state index is 12.3. The molecule has 21 heavy (non-hydrogen) atoms. The normalized spacial score (nSPS) is 18.6. The minimum atomic E-state index is 0.0141. The van der Waals surface area contributed by atoms with Crippen LogP contribution < -0.4 is 5.32 Å². The Balaban J connectivity index is 1.78. The van der Waals surface area contributed by atoms with Crippen LogP contribution in [0.2, 0.25) is 0 Å². The molecule has 1 aliphatic rings. The molecule has 1 saturated heterocycles. The summed E-state index contributed by atoms with van der Waals surface area (Å²) < 4.78 is 0. The molecule has 0 aliphatic carbocycles. The van der Waals surface area contributed by atoms with Crippen LogP contribution in [0.1, 0.15) is 36.8 Å². The van der Waals surface area contributed by atoms with Crippen molar-refractivity contribution in [3.05, 3.63) is 35.4 Å². The molecule has 1 aliphatic heterocycles. The Morgan fingerprint density at radius 2 is 2.10 bits per heavy atom. The van der Waals surface area contributed by atoms with Gasteiger partial charge in [-0.1, -0.05) is 29.8 Å². The topological polar surface area (TPSA) is 52.6 Å². The number of hydrogen-bond acceptors (Lipinski definition) is 2. The number of piperidine rings is 1. The Bertz CT molecular complexity index is 443. The van der Waals surface area contributed by atoms with Crippen molar-refractivity contribution in [2.45, 2.75) is 45.1 Å². The maximum Gasteiger partial charge on any atom is 0.317 e. The van der Waals surface area contributed by atoms with Crippen molar-refractivity contribution in [2.75, 3.05) is 19.7 Å². The zero-order chi connectivity index (χ0) is 15.1. The van der Waals surface area contributed by atoms with Crippen LogP contribution in [-0.4, -0.2) is 41.8 Å². The molecule has 1 heterocycles. The van der Waals surface area contributed by atoms with E-state index in [1.807, 2.05) is 4.90 Å². The number of aliphatic hydroxyl groups excluding tert-OH is 1. The summed E-state index contributed by atoms with van der Waals surface area (Å²) >= 11 is 0. The average Bonchev–Trinajstić information content (AvgIpc) is 2.50. The summed E-state index contributed by atoms with van der Waals surface area (Å²) in [7, 11) is 0. The molecule has 1 fully saturated rings. The lowest BCUT2D eigenvalue weighted by Gasteiger charge is -2.35. The van der Waals surface area contributed by atoms with Gasteiger partial charge in [0.2, 0.25) is 0 Å². The second-order valence-electron chi connectivity index (χ2n) is 5.82. The van der Waals surface area contributed by atoms with Crippen molar-refractivity contribution in [1.29, 1.82) is 0 Å². The highest BCUT2D eigenvalue weighted by Crippen LogP contribution is 2.19. The number of hydrogen-bond donors (Lipinski definition) is 2. The molecule has 1 atom stereocenters. The van der Waals surface area contributed by atoms with Gasteiger partial charge in [-0.15, -0.1) is 0 Å². The van der Waals surface area contributed by atoms with Crippen molar-refractivity contribution in [1.82, 2.24) is 10.2 Å². The molecule has 2 rings (SSSR count). The third-order valence-corrected chi connectivity index (χ3v) is 4.16. The van der Waals surface area contributed by atoms with Crippen LogP contribution in [-0.2, 0) is 6.42 Å². The summed E-state index contributed by atoms with van der Waals surface area (Å²) in [5.74, 6) is 0. The lowest BCUT2D eigenvalue weighted by atomic mass is 10.0. The molecule has 0 aromatic heterocycles. The van der Waals surface area contributed by atoms with E-state index >= 15 is 0 Å². The molecule has 116 valence electrons. The van der Waals surface area contributed by atoms with Crippen molar-refractivity contribution < 1.29 is 9.90 Å². The Labute approximate surface area is 127 Å². The molecule has 2 amide bonds. The Morgan fingerprint density at radius 1 is 1.33 bits per heavy atom. The highest BCUT2D eigenvalue weighted by Gasteiger charge is 2.25. The Morgan fingerprint density at radius 3 is 2.81 bits per heavy atom. The van der Waals surface area contributed by atoms with Gasteiger partial charge in [-0.25, -0.2) is 4.79 Å². The molecule has 0 spiro atoms. The first-order chi connectivity index (χ1) is 10.2. The zero-order valence-electron chi connectivity index (χ0n) is 12.8. The van der Waals surface area contributed by atoms with Gasteiger partial charge in [0.1, 0.15) is 0 Å². The number of urea groups is 1. The molecule has 0 radical (unpaired) electrons. The number of rotatable bonds is 5. The molecular weight excluding hydrogens is 264 g/mol. The lowest BCUT2D eigenvalue weighted by molar-refractivity contribution is 0.132. The fourth-order valence-corrected chi connectivity index (χ4v) is 2.89. The number of amides is 2. The van der Waals surface area contributed by atoms with Crippen LogP contribution in [0.25, 0.3) is 0 Å². The van der Waals surface area contributed by atoms with Gasteiger partial charge in [0, 0.05) is 25.7 Å². The number of aliphatic hydroxyl groups is 1. The highest BCUT2D eigenvalue weighted by atomic mass is 16.3. The molecule has 4 nitrogen and oxygen atoms in total. The van der Waals surface area contributed by atoms with E-state index in [1.54, 1.807) is 0 Å². The van der Waals surface area contributed by atoms with Crippen LogP contribution in [0.5, 0.6) is 0 Å². The Hall–Kier alpha value is -1.55. The van der Waals surface area contributed by atoms with E-state index in [-0.39, 0.29) is 18.7 Å². The first-order valence-electron chi connectivity index (χ1n) is 7.91. The SMILES string of the molecule is Cc1ccc(CCNC(=O)N2CCCC[C@H]2CCO)cc1. The van der Waals surface area contributed by atoms with Crippen LogP contribution in [0.15, 0.2) is 24.3 Å². The predicted molar refractivity (Wildman–Crippen MR) is 84.3 cm³/mol. The summed E-state index contributed by atoms with van der Waals surface area (Å²) in [5, 5.41) is 12.1. The van der Waals surface area contributed by atoms with Crippen LogP contribution in [0.4, 0.5) is 4.79 Å². The van der Waals surface area contributed by atoms with Crippen molar-refractivity contribution in [3.63, 3.8) is 0 Å². The number of nitrogens with zero attached hydrogens (tertiary/aromatic N) is 1. The summed E-state index contributed by atoms with van der Waals surface area (Å²) in [4.78, 5) is 14.2. The van der Waals surface area contributed by atoms with Gasteiger partial charge in [-0.05, 0) is 44.6 Å². The summed E-state index contributed by atoms with van der Waals surface area (Å²) in [5.41, 5.74) is 2.49.